The van der Waals surface area contributed by atoms with E-state index in [1.165, 1.54) is 10.7 Å². The normalized spacial score (nSPS) is 11.8. The maximum Gasteiger partial charge on any atom is 0.416 e. The topological polar surface area (TPSA) is 42.7 Å². The van der Waals surface area contributed by atoms with E-state index in [0.29, 0.717) is 12.2 Å². The standard InChI is InChI=1S/C13H15F3N4/c1-2-6-17-8-12-9-18-19-20(12)11-5-3-4-10(7-11)13(14,15)16/h3-5,7,9,17H,2,6,8H2,1H3. The van der Waals surface area contributed by atoms with Gasteiger partial charge in [-0.25, -0.2) is 4.68 Å². The molecule has 1 aromatic carbocycles. The van der Waals surface area contributed by atoms with Gasteiger partial charge in [0, 0.05) is 6.54 Å². The number of benzene rings is 1. The van der Waals surface area contributed by atoms with Crippen LogP contribution in [0.4, 0.5) is 13.2 Å². The van der Waals surface area contributed by atoms with Crippen molar-refractivity contribution in [2.24, 2.45) is 0 Å². The minimum absolute atomic E-state index is 0.352. The van der Waals surface area contributed by atoms with Crippen molar-refractivity contribution in [1.29, 1.82) is 0 Å². The molecule has 1 heterocycles. The molecule has 0 amide bonds. The molecule has 0 saturated heterocycles. The molecule has 0 fully saturated rings. The van der Waals surface area contributed by atoms with Gasteiger partial charge in [-0.05, 0) is 31.2 Å². The van der Waals surface area contributed by atoms with Crippen LogP contribution in [-0.4, -0.2) is 21.5 Å². The Hall–Kier alpha value is -1.89. The zero-order valence-electron chi connectivity index (χ0n) is 11.0. The second-order valence-corrected chi connectivity index (χ2v) is 4.36. The van der Waals surface area contributed by atoms with E-state index in [1.807, 2.05) is 6.92 Å². The lowest BCUT2D eigenvalue weighted by Gasteiger charge is -2.10. The van der Waals surface area contributed by atoms with Crippen molar-refractivity contribution in [3.05, 3.63) is 41.7 Å². The van der Waals surface area contributed by atoms with Crippen molar-refractivity contribution in [3.63, 3.8) is 0 Å². The summed E-state index contributed by atoms with van der Waals surface area (Å²) in [5.74, 6) is 0. The summed E-state index contributed by atoms with van der Waals surface area (Å²) in [5.41, 5.74) is 0.376. The Balaban J connectivity index is 2.26. The van der Waals surface area contributed by atoms with Crippen LogP contribution in [0.5, 0.6) is 0 Å². The Bertz CT molecular complexity index is 563. The molecular weight excluding hydrogens is 269 g/mol. The van der Waals surface area contributed by atoms with Gasteiger partial charge in [0.15, 0.2) is 0 Å². The molecule has 0 aliphatic carbocycles. The number of nitrogens with one attached hydrogen (secondary N) is 1. The average Bonchev–Trinajstić information content (AvgIpc) is 2.87. The molecule has 1 N–H and O–H groups in total. The molecule has 108 valence electrons. The number of halogens is 3. The lowest BCUT2D eigenvalue weighted by atomic mass is 10.2. The highest BCUT2D eigenvalue weighted by Gasteiger charge is 2.30. The minimum Gasteiger partial charge on any atom is -0.311 e. The van der Waals surface area contributed by atoms with E-state index in [-0.39, 0.29) is 0 Å². The highest BCUT2D eigenvalue weighted by Crippen LogP contribution is 2.30. The molecule has 0 radical (unpaired) electrons. The molecular formula is C13H15F3N4. The third-order valence-electron chi connectivity index (χ3n) is 2.77. The van der Waals surface area contributed by atoms with E-state index in [9.17, 15) is 13.2 Å². The summed E-state index contributed by atoms with van der Waals surface area (Å²) in [5, 5.41) is 10.8. The first kappa shape index (κ1) is 14.5. The van der Waals surface area contributed by atoms with Crippen LogP contribution in [0.15, 0.2) is 30.5 Å². The molecule has 4 nitrogen and oxygen atoms in total. The van der Waals surface area contributed by atoms with Crippen molar-refractivity contribution in [2.75, 3.05) is 6.54 Å². The SMILES string of the molecule is CCCNCc1cnnn1-c1cccc(C(F)(F)F)c1. The van der Waals surface area contributed by atoms with E-state index in [1.54, 1.807) is 12.3 Å². The quantitative estimate of drug-likeness (QED) is 0.859. The third kappa shape index (κ3) is 3.36. The molecule has 0 aliphatic heterocycles. The fraction of sp³-hybridized carbons (Fsp3) is 0.385. The van der Waals surface area contributed by atoms with Gasteiger partial charge in [-0.1, -0.05) is 18.2 Å². The van der Waals surface area contributed by atoms with Crippen LogP contribution in [0.2, 0.25) is 0 Å². The van der Waals surface area contributed by atoms with Crippen molar-refractivity contribution < 1.29 is 13.2 Å². The maximum atomic E-state index is 12.7. The Labute approximate surface area is 114 Å². The van der Waals surface area contributed by atoms with Crippen LogP contribution in [0.1, 0.15) is 24.6 Å². The lowest BCUT2D eigenvalue weighted by molar-refractivity contribution is -0.137. The Morgan fingerprint density at radius 3 is 2.80 bits per heavy atom. The zero-order chi connectivity index (χ0) is 14.6. The molecule has 0 saturated carbocycles. The van der Waals surface area contributed by atoms with E-state index in [0.717, 1.165) is 30.8 Å². The summed E-state index contributed by atoms with van der Waals surface area (Å²) in [6.45, 7) is 3.38. The Morgan fingerprint density at radius 2 is 2.10 bits per heavy atom. The first-order valence-electron chi connectivity index (χ1n) is 6.30. The highest BCUT2D eigenvalue weighted by molar-refractivity contribution is 5.37. The van der Waals surface area contributed by atoms with E-state index >= 15 is 0 Å². The number of nitrogens with zero attached hydrogens (tertiary/aromatic N) is 3. The predicted molar refractivity (Wildman–Crippen MR) is 68.4 cm³/mol. The van der Waals surface area contributed by atoms with Gasteiger partial charge < -0.3 is 5.32 Å². The summed E-state index contributed by atoms with van der Waals surface area (Å²) in [7, 11) is 0. The Morgan fingerprint density at radius 1 is 1.30 bits per heavy atom. The van der Waals surface area contributed by atoms with Crippen molar-refractivity contribution in [3.8, 4) is 5.69 Å². The van der Waals surface area contributed by atoms with Gasteiger partial charge >= 0.3 is 6.18 Å². The molecule has 20 heavy (non-hydrogen) atoms. The van der Waals surface area contributed by atoms with Gasteiger partial charge in [-0.15, -0.1) is 5.10 Å². The Kier molecular flexibility index (Phi) is 4.39. The number of alkyl halides is 3. The summed E-state index contributed by atoms with van der Waals surface area (Å²) in [6, 6.07) is 5.05. The maximum absolute atomic E-state index is 12.7. The summed E-state index contributed by atoms with van der Waals surface area (Å²) < 4.78 is 39.5. The smallest absolute Gasteiger partial charge is 0.311 e. The summed E-state index contributed by atoms with van der Waals surface area (Å²) >= 11 is 0. The molecule has 1 aromatic heterocycles. The summed E-state index contributed by atoms with van der Waals surface area (Å²) in [4.78, 5) is 0. The molecule has 2 rings (SSSR count). The molecule has 0 bridgehead atoms. The molecule has 0 aliphatic rings. The average molecular weight is 284 g/mol. The fourth-order valence-corrected chi connectivity index (χ4v) is 1.80. The number of rotatable bonds is 5. The monoisotopic (exact) mass is 284 g/mol. The first-order valence-corrected chi connectivity index (χ1v) is 6.30. The van der Waals surface area contributed by atoms with Crippen LogP contribution in [0, 0.1) is 0 Å². The zero-order valence-corrected chi connectivity index (χ0v) is 11.0. The van der Waals surface area contributed by atoms with Gasteiger partial charge in [0.05, 0.1) is 23.1 Å². The van der Waals surface area contributed by atoms with Crippen molar-refractivity contribution in [2.45, 2.75) is 26.1 Å². The molecule has 0 unspecified atom stereocenters. The van der Waals surface area contributed by atoms with E-state index in [2.05, 4.69) is 15.6 Å². The summed E-state index contributed by atoms with van der Waals surface area (Å²) in [6.07, 6.45) is -1.84. The largest absolute Gasteiger partial charge is 0.416 e. The fourth-order valence-electron chi connectivity index (χ4n) is 1.80. The van der Waals surface area contributed by atoms with E-state index < -0.39 is 11.7 Å². The third-order valence-corrected chi connectivity index (χ3v) is 2.77. The van der Waals surface area contributed by atoms with Gasteiger partial charge in [0.2, 0.25) is 0 Å². The van der Waals surface area contributed by atoms with E-state index in [4.69, 9.17) is 0 Å². The molecule has 7 heteroatoms. The van der Waals surface area contributed by atoms with Crippen molar-refractivity contribution in [1.82, 2.24) is 20.3 Å². The number of hydrogen-bond donors (Lipinski definition) is 1. The van der Waals surface area contributed by atoms with Gasteiger partial charge in [0.1, 0.15) is 0 Å². The van der Waals surface area contributed by atoms with Crippen LogP contribution in [0.3, 0.4) is 0 Å². The number of aromatic nitrogens is 3. The lowest BCUT2D eigenvalue weighted by Crippen LogP contribution is -2.17. The van der Waals surface area contributed by atoms with Gasteiger partial charge in [-0.3, -0.25) is 0 Å². The second kappa shape index (κ2) is 6.04. The predicted octanol–water partition coefficient (Wildman–Crippen LogP) is 2.79. The van der Waals surface area contributed by atoms with Crippen LogP contribution in [-0.2, 0) is 12.7 Å². The van der Waals surface area contributed by atoms with Crippen molar-refractivity contribution >= 4 is 0 Å². The molecule has 0 atom stereocenters. The van der Waals surface area contributed by atoms with Crippen LogP contribution in [0.25, 0.3) is 5.69 Å². The first-order chi connectivity index (χ1) is 9.52. The highest BCUT2D eigenvalue weighted by atomic mass is 19.4. The molecule has 0 spiro atoms. The van der Waals surface area contributed by atoms with Gasteiger partial charge in [0.25, 0.3) is 0 Å². The minimum atomic E-state index is -4.36. The van der Waals surface area contributed by atoms with Crippen LogP contribution >= 0.6 is 0 Å². The number of hydrogen-bond acceptors (Lipinski definition) is 3. The van der Waals surface area contributed by atoms with Gasteiger partial charge in [-0.2, -0.15) is 13.2 Å². The molecule has 2 aromatic rings. The van der Waals surface area contributed by atoms with Crippen LogP contribution < -0.4 is 5.32 Å². The second-order valence-electron chi connectivity index (χ2n) is 4.36.